The Balaban J connectivity index is 1.88. The Labute approximate surface area is 169 Å². The molecule has 0 saturated heterocycles. The van der Waals surface area contributed by atoms with Gasteiger partial charge in [-0.3, -0.25) is 4.79 Å². The van der Waals surface area contributed by atoms with Gasteiger partial charge in [-0.2, -0.15) is 0 Å². The molecule has 0 fully saturated rings. The van der Waals surface area contributed by atoms with Crippen LogP contribution >= 0.6 is 0 Å². The molecule has 29 heavy (non-hydrogen) atoms. The maximum absolute atomic E-state index is 11.5. The normalized spacial score (nSPS) is 11.4. The fourth-order valence-electron chi connectivity index (χ4n) is 2.90. The lowest BCUT2D eigenvalue weighted by atomic mass is 10.1. The monoisotopic (exact) mass is 414 g/mol. The number of aryl methyl sites for hydroxylation is 1. The van der Waals surface area contributed by atoms with E-state index in [1.165, 1.54) is 19.2 Å². The third-order valence-corrected chi connectivity index (χ3v) is 5.34. The maximum Gasteiger partial charge on any atom is 0.305 e. The molecule has 3 rings (SSSR count). The Hall–Kier alpha value is -2.97. The van der Waals surface area contributed by atoms with Crippen LogP contribution in [0.4, 0.5) is 0 Å². The van der Waals surface area contributed by atoms with Crippen molar-refractivity contribution < 1.29 is 22.4 Å². The van der Waals surface area contributed by atoms with Gasteiger partial charge in [-0.25, -0.2) is 18.5 Å². The van der Waals surface area contributed by atoms with Gasteiger partial charge in [-0.1, -0.05) is 30.3 Å². The lowest BCUT2D eigenvalue weighted by Crippen LogP contribution is -2.11. The van der Waals surface area contributed by atoms with Crippen LogP contribution in [0.15, 0.2) is 63.9 Å². The number of hydrogen-bond acceptors (Lipinski definition) is 6. The molecule has 0 amide bonds. The summed E-state index contributed by atoms with van der Waals surface area (Å²) in [7, 11) is -2.40. The molecule has 0 radical (unpaired) electrons. The van der Waals surface area contributed by atoms with E-state index < -0.39 is 10.0 Å². The minimum absolute atomic E-state index is 0.0325. The number of primary sulfonamides is 1. The SMILES string of the molecule is COC(=O)CCCCc1nc(-c2ccccc2)c(-c2ccc(S(N)(=O)=O)cc2)o1. The van der Waals surface area contributed by atoms with Gasteiger partial charge < -0.3 is 9.15 Å². The molecule has 0 unspecified atom stereocenters. The van der Waals surface area contributed by atoms with Crippen LogP contribution in [-0.4, -0.2) is 26.5 Å². The number of carbonyl (C=O) groups excluding carboxylic acids is 1. The number of carbonyl (C=O) groups is 1. The predicted octanol–water partition coefficient (Wildman–Crippen LogP) is 3.54. The molecule has 0 spiro atoms. The zero-order valence-corrected chi connectivity index (χ0v) is 16.8. The Morgan fingerprint density at radius 1 is 1.03 bits per heavy atom. The average Bonchev–Trinajstić information content (AvgIpc) is 3.15. The molecule has 1 heterocycles. The van der Waals surface area contributed by atoms with Crippen molar-refractivity contribution in [3.05, 3.63) is 60.5 Å². The van der Waals surface area contributed by atoms with Gasteiger partial charge in [0.05, 0.1) is 12.0 Å². The second-order valence-corrected chi connectivity index (χ2v) is 8.07. The van der Waals surface area contributed by atoms with E-state index in [1.54, 1.807) is 12.1 Å². The molecule has 8 heteroatoms. The summed E-state index contributed by atoms with van der Waals surface area (Å²) >= 11 is 0. The molecule has 0 aliphatic carbocycles. The van der Waals surface area contributed by atoms with E-state index >= 15 is 0 Å². The van der Waals surface area contributed by atoms with E-state index in [4.69, 9.17) is 9.56 Å². The van der Waals surface area contributed by atoms with Crippen molar-refractivity contribution in [1.82, 2.24) is 4.98 Å². The van der Waals surface area contributed by atoms with Gasteiger partial charge in [-0.05, 0) is 37.1 Å². The number of unbranched alkanes of at least 4 members (excludes halogenated alkanes) is 1. The summed E-state index contributed by atoms with van der Waals surface area (Å²) in [6.45, 7) is 0. The number of aromatic nitrogens is 1. The van der Waals surface area contributed by atoms with Crippen LogP contribution < -0.4 is 5.14 Å². The molecule has 2 N–H and O–H groups in total. The van der Waals surface area contributed by atoms with Crippen LogP contribution in [0, 0.1) is 0 Å². The molecule has 0 saturated carbocycles. The van der Waals surface area contributed by atoms with Crippen molar-refractivity contribution in [2.45, 2.75) is 30.6 Å². The third kappa shape index (κ3) is 5.30. The summed E-state index contributed by atoms with van der Waals surface area (Å²) in [6, 6.07) is 15.8. The number of nitrogens with zero attached hydrogens (tertiary/aromatic N) is 1. The number of benzene rings is 2. The lowest BCUT2D eigenvalue weighted by molar-refractivity contribution is -0.140. The second-order valence-electron chi connectivity index (χ2n) is 6.50. The smallest absolute Gasteiger partial charge is 0.305 e. The fraction of sp³-hybridized carbons (Fsp3) is 0.238. The van der Waals surface area contributed by atoms with Gasteiger partial charge in [0.1, 0.15) is 5.69 Å². The van der Waals surface area contributed by atoms with Crippen LogP contribution in [0.5, 0.6) is 0 Å². The Kier molecular flexibility index (Phi) is 6.46. The number of nitrogens with two attached hydrogens (primary N) is 1. The quantitative estimate of drug-likeness (QED) is 0.446. The Morgan fingerprint density at radius 2 is 1.72 bits per heavy atom. The summed E-state index contributed by atoms with van der Waals surface area (Å²) in [5, 5.41) is 5.17. The first-order valence-corrected chi connectivity index (χ1v) is 10.7. The molecule has 0 aliphatic heterocycles. The minimum Gasteiger partial charge on any atom is -0.469 e. The molecule has 0 atom stereocenters. The Bertz CT molecular complexity index is 1070. The van der Waals surface area contributed by atoms with Crippen molar-refractivity contribution in [2.75, 3.05) is 7.11 Å². The van der Waals surface area contributed by atoms with Gasteiger partial charge in [0.15, 0.2) is 11.7 Å². The summed E-state index contributed by atoms with van der Waals surface area (Å²) in [5.74, 6) is 0.873. The lowest BCUT2D eigenvalue weighted by Gasteiger charge is -2.03. The summed E-state index contributed by atoms with van der Waals surface area (Å²) in [5.41, 5.74) is 2.27. The van der Waals surface area contributed by atoms with Gasteiger partial charge in [0, 0.05) is 24.0 Å². The highest BCUT2D eigenvalue weighted by Gasteiger charge is 2.18. The zero-order valence-electron chi connectivity index (χ0n) is 16.0. The average molecular weight is 414 g/mol. The number of sulfonamides is 1. The standard InChI is InChI=1S/C21H22N2O5S/c1-27-19(24)10-6-5-9-18-23-20(15-7-3-2-4-8-15)21(28-18)16-11-13-17(14-12-16)29(22,25)26/h2-4,7-8,11-14H,5-6,9-10H2,1H3,(H2,22,25,26). The molecular formula is C21H22N2O5S. The number of oxazole rings is 1. The highest BCUT2D eigenvalue weighted by molar-refractivity contribution is 7.89. The number of ether oxygens (including phenoxy) is 1. The summed E-state index contributed by atoms with van der Waals surface area (Å²) in [4.78, 5) is 15.9. The van der Waals surface area contributed by atoms with E-state index in [-0.39, 0.29) is 10.9 Å². The van der Waals surface area contributed by atoms with Crippen molar-refractivity contribution >= 4 is 16.0 Å². The van der Waals surface area contributed by atoms with Crippen LogP contribution in [0.2, 0.25) is 0 Å². The fourth-order valence-corrected chi connectivity index (χ4v) is 3.42. The van der Waals surface area contributed by atoms with Gasteiger partial charge in [0.2, 0.25) is 10.0 Å². The van der Waals surface area contributed by atoms with E-state index in [9.17, 15) is 13.2 Å². The summed E-state index contributed by atoms with van der Waals surface area (Å²) < 4.78 is 33.6. The molecule has 1 aromatic heterocycles. The predicted molar refractivity (Wildman–Crippen MR) is 108 cm³/mol. The van der Waals surface area contributed by atoms with Crippen LogP contribution in [-0.2, 0) is 26.0 Å². The first-order chi connectivity index (χ1) is 13.9. The van der Waals surface area contributed by atoms with E-state index in [1.807, 2.05) is 30.3 Å². The maximum atomic E-state index is 11.5. The molecule has 0 aliphatic rings. The Morgan fingerprint density at radius 3 is 2.34 bits per heavy atom. The van der Waals surface area contributed by atoms with Crippen LogP contribution in [0.1, 0.15) is 25.2 Å². The van der Waals surface area contributed by atoms with E-state index in [0.29, 0.717) is 42.2 Å². The zero-order chi connectivity index (χ0) is 20.9. The summed E-state index contributed by atoms with van der Waals surface area (Å²) in [6.07, 6.45) is 2.33. The highest BCUT2D eigenvalue weighted by Crippen LogP contribution is 2.33. The molecule has 152 valence electrons. The van der Waals surface area contributed by atoms with Gasteiger partial charge in [0.25, 0.3) is 0 Å². The van der Waals surface area contributed by atoms with Crippen molar-refractivity contribution in [3.8, 4) is 22.6 Å². The van der Waals surface area contributed by atoms with Crippen molar-refractivity contribution in [2.24, 2.45) is 5.14 Å². The largest absolute Gasteiger partial charge is 0.469 e. The second kappa shape index (κ2) is 9.02. The number of hydrogen-bond donors (Lipinski definition) is 1. The minimum atomic E-state index is -3.77. The van der Waals surface area contributed by atoms with Crippen LogP contribution in [0.25, 0.3) is 22.6 Å². The first kappa shape index (κ1) is 20.8. The van der Waals surface area contributed by atoms with Gasteiger partial charge >= 0.3 is 5.97 Å². The molecule has 7 nitrogen and oxygen atoms in total. The van der Waals surface area contributed by atoms with E-state index in [0.717, 1.165) is 12.0 Å². The van der Waals surface area contributed by atoms with Gasteiger partial charge in [-0.15, -0.1) is 0 Å². The van der Waals surface area contributed by atoms with Crippen molar-refractivity contribution in [1.29, 1.82) is 0 Å². The molecular weight excluding hydrogens is 392 g/mol. The van der Waals surface area contributed by atoms with E-state index in [2.05, 4.69) is 9.72 Å². The van der Waals surface area contributed by atoms with Crippen molar-refractivity contribution in [3.63, 3.8) is 0 Å². The number of esters is 1. The van der Waals surface area contributed by atoms with Crippen LogP contribution in [0.3, 0.4) is 0 Å². The molecule has 2 aromatic carbocycles. The topological polar surface area (TPSA) is 112 Å². The first-order valence-electron chi connectivity index (χ1n) is 9.13. The highest BCUT2D eigenvalue weighted by atomic mass is 32.2. The molecule has 3 aromatic rings. The molecule has 0 bridgehead atoms. The number of methoxy groups -OCH3 is 1. The third-order valence-electron chi connectivity index (χ3n) is 4.41. The number of rotatable bonds is 8.